The second-order valence-electron chi connectivity index (χ2n) is 4.75. The molecule has 0 unspecified atom stereocenters. The Hall–Kier alpha value is -0.320. The Labute approximate surface area is 115 Å². The number of hydrogen-bond donors (Lipinski definition) is 1. The molecule has 1 aliphatic rings. The molecular formula is C12H16BrClN2O. The van der Waals surface area contributed by atoms with Crippen LogP contribution in [-0.4, -0.2) is 29.3 Å². The summed E-state index contributed by atoms with van der Waals surface area (Å²) in [5, 5.41) is 11.0. The van der Waals surface area contributed by atoms with Gasteiger partial charge in [0.2, 0.25) is 0 Å². The number of halogens is 2. The molecule has 0 radical (unpaired) electrons. The lowest BCUT2D eigenvalue weighted by molar-refractivity contribution is 0.0557. The molecule has 1 aromatic heterocycles. The van der Waals surface area contributed by atoms with Gasteiger partial charge in [0.1, 0.15) is 5.82 Å². The maximum absolute atomic E-state index is 10.4. The molecule has 0 saturated heterocycles. The third-order valence-electron chi connectivity index (χ3n) is 3.22. The number of likely N-dealkylation sites (N-methyl/N-ethyl adjacent to an activating group) is 1. The molecule has 1 aliphatic carbocycles. The first kappa shape index (κ1) is 13.1. The highest BCUT2D eigenvalue weighted by molar-refractivity contribution is 9.10. The minimum absolute atomic E-state index is 0.560. The van der Waals surface area contributed by atoms with Gasteiger partial charge in [0.25, 0.3) is 0 Å². The van der Waals surface area contributed by atoms with E-state index in [9.17, 15) is 5.11 Å². The number of nitrogens with zero attached hydrogens (tertiary/aromatic N) is 2. The van der Waals surface area contributed by atoms with E-state index in [1.54, 1.807) is 6.20 Å². The zero-order valence-corrected chi connectivity index (χ0v) is 12.1. The van der Waals surface area contributed by atoms with E-state index in [0.29, 0.717) is 11.6 Å². The van der Waals surface area contributed by atoms with Crippen molar-refractivity contribution in [2.24, 2.45) is 0 Å². The molecule has 17 heavy (non-hydrogen) atoms. The highest BCUT2D eigenvalue weighted by Crippen LogP contribution is 2.32. The van der Waals surface area contributed by atoms with E-state index in [-0.39, 0.29) is 0 Å². The highest BCUT2D eigenvalue weighted by atomic mass is 79.9. The SMILES string of the molecule is CN(CC1(O)CCCC1)c1ncc(Cl)cc1Br. The van der Waals surface area contributed by atoms with E-state index in [0.717, 1.165) is 36.0 Å². The first-order valence-electron chi connectivity index (χ1n) is 5.75. The molecule has 0 spiro atoms. The van der Waals surface area contributed by atoms with E-state index < -0.39 is 5.60 Å². The van der Waals surface area contributed by atoms with Crippen LogP contribution in [0.1, 0.15) is 25.7 Å². The van der Waals surface area contributed by atoms with Crippen molar-refractivity contribution in [1.82, 2.24) is 4.98 Å². The molecule has 1 saturated carbocycles. The summed E-state index contributed by atoms with van der Waals surface area (Å²) < 4.78 is 0.856. The lowest BCUT2D eigenvalue weighted by Gasteiger charge is -2.29. The fraction of sp³-hybridized carbons (Fsp3) is 0.583. The largest absolute Gasteiger partial charge is 0.388 e. The van der Waals surface area contributed by atoms with Crippen molar-refractivity contribution in [2.45, 2.75) is 31.3 Å². The second kappa shape index (κ2) is 5.12. The van der Waals surface area contributed by atoms with Gasteiger partial charge in [0.05, 0.1) is 15.1 Å². The molecule has 0 atom stereocenters. The minimum atomic E-state index is -0.560. The van der Waals surface area contributed by atoms with Crippen molar-refractivity contribution >= 4 is 33.3 Å². The van der Waals surface area contributed by atoms with Gasteiger partial charge >= 0.3 is 0 Å². The number of anilines is 1. The summed E-state index contributed by atoms with van der Waals surface area (Å²) >= 11 is 9.30. The van der Waals surface area contributed by atoms with Crippen molar-refractivity contribution in [3.63, 3.8) is 0 Å². The van der Waals surface area contributed by atoms with Crippen molar-refractivity contribution in [3.05, 3.63) is 21.8 Å². The first-order chi connectivity index (χ1) is 8.00. The van der Waals surface area contributed by atoms with Gasteiger partial charge in [0.15, 0.2) is 0 Å². The average Bonchev–Trinajstić information content (AvgIpc) is 2.64. The monoisotopic (exact) mass is 318 g/mol. The Balaban J connectivity index is 2.11. The predicted octanol–water partition coefficient (Wildman–Crippen LogP) is 3.24. The average molecular weight is 320 g/mol. The zero-order chi connectivity index (χ0) is 12.5. The fourth-order valence-electron chi connectivity index (χ4n) is 2.40. The summed E-state index contributed by atoms with van der Waals surface area (Å²) in [6, 6.07) is 1.82. The van der Waals surface area contributed by atoms with Crippen LogP contribution in [0, 0.1) is 0 Å². The molecule has 0 aliphatic heterocycles. The van der Waals surface area contributed by atoms with Gasteiger partial charge < -0.3 is 10.0 Å². The second-order valence-corrected chi connectivity index (χ2v) is 6.04. The molecule has 0 bridgehead atoms. The molecule has 1 aromatic rings. The van der Waals surface area contributed by atoms with Gasteiger partial charge in [-0.05, 0) is 34.8 Å². The number of rotatable bonds is 3. The molecular weight excluding hydrogens is 304 g/mol. The summed E-state index contributed by atoms with van der Waals surface area (Å²) in [7, 11) is 1.94. The van der Waals surface area contributed by atoms with Gasteiger partial charge in [-0.25, -0.2) is 4.98 Å². The topological polar surface area (TPSA) is 36.4 Å². The summed E-state index contributed by atoms with van der Waals surface area (Å²) in [6.07, 6.45) is 5.60. The summed E-state index contributed by atoms with van der Waals surface area (Å²) in [4.78, 5) is 6.26. The number of hydrogen-bond acceptors (Lipinski definition) is 3. The number of pyridine rings is 1. The molecule has 5 heteroatoms. The predicted molar refractivity (Wildman–Crippen MR) is 73.6 cm³/mol. The molecule has 3 nitrogen and oxygen atoms in total. The van der Waals surface area contributed by atoms with E-state index in [1.807, 2.05) is 18.0 Å². The maximum Gasteiger partial charge on any atom is 0.142 e. The molecule has 2 rings (SSSR count). The van der Waals surface area contributed by atoms with Crippen LogP contribution in [0.3, 0.4) is 0 Å². The summed E-state index contributed by atoms with van der Waals surface area (Å²) in [5.74, 6) is 0.815. The Morgan fingerprint density at radius 2 is 2.18 bits per heavy atom. The van der Waals surface area contributed by atoms with E-state index in [4.69, 9.17) is 11.6 Å². The van der Waals surface area contributed by atoms with Crippen molar-refractivity contribution < 1.29 is 5.11 Å². The molecule has 1 N–H and O–H groups in total. The van der Waals surface area contributed by atoms with Gasteiger partial charge in [0, 0.05) is 19.8 Å². The smallest absolute Gasteiger partial charge is 0.142 e. The van der Waals surface area contributed by atoms with Gasteiger partial charge in [-0.2, -0.15) is 0 Å². The first-order valence-corrected chi connectivity index (χ1v) is 6.92. The van der Waals surface area contributed by atoms with Crippen LogP contribution in [0.2, 0.25) is 5.02 Å². The van der Waals surface area contributed by atoms with Crippen LogP contribution >= 0.6 is 27.5 Å². The van der Waals surface area contributed by atoms with Crippen molar-refractivity contribution in [3.8, 4) is 0 Å². The summed E-state index contributed by atoms with van der Waals surface area (Å²) in [6.45, 7) is 0.611. The number of aliphatic hydroxyl groups is 1. The lowest BCUT2D eigenvalue weighted by Crippen LogP contribution is -2.39. The van der Waals surface area contributed by atoms with Gasteiger partial charge in [-0.15, -0.1) is 0 Å². The Kier molecular flexibility index (Phi) is 3.95. The third kappa shape index (κ3) is 3.12. The Morgan fingerprint density at radius 3 is 2.76 bits per heavy atom. The van der Waals surface area contributed by atoms with Crippen molar-refractivity contribution in [2.75, 3.05) is 18.5 Å². The maximum atomic E-state index is 10.4. The Morgan fingerprint density at radius 1 is 1.53 bits per heavy atom. The molecule has 0 aromatic carbocycles. The Bertz CT molecular complexity index is 407. The van der Waals surface area contributed by atoms with Crippen LogP contribution in [0.15, 0.2) is 16.7 Å². The van der Waals surface area contributed by atoms with Crippen molar-refractivity contribution in [1.29, 1.82) is 0 Å². The zero-order valence-electron chi connectivity index (χ0n) is 9.79. The van der Waals surface area contributed by atoms with Crippen LogP contribution < -0.4 is 4.90 Å². The van der Waals surface area contributed by atoms with E-state index in [2.05, 4.69) is 20.9 Å². The minimum Gasteiger partial charge on any atom is -0.388 e. The van der Waals surface area contributed by atoms with Crippen LogP contribution in [-0.2, 0) is 0 Å². The standard InChI is InChI=1S/C12H16BrClN2O/c1-16(8-12(17)4-2-3-5-12)11-10(13)6-9(14)7-15-11/h6-7,17H,2-5,8H2,1H3. The van der Waals surface area contributed by atoms with E-state index in [1.165, 1.54) is 0 Å². The fourth-order valence-corrected chi connectivity index (χ4v) is 3.34. The molecule has 94 valence electrons. The lowest BCUT2D eigenvalue weighted by atomic mass is 10.0. The third-order valence-corrected chi connectivity index (χ3v) is 4.01. The summed E-state index contributed by atoms with van der Waals surface area (Å²) in [5.41, 5.74) is -0.560. The van der Waals surface area contributed by atoms with Crippen LogP contribution in [0.5, 0.6) is 0 Å². The van der Waals surface area contributed by atoms with E-state index >= 15 is 0 Å². The number of aromatic nitrogens is 1. The van der Waals surface area contributed by atoms with Gasteiger partial charge in [-0.1, -0.05) is 24.4 Å². The molecule has 1 fully saturated rings. The molecule has 1 heterocycles. The molecule has 0 amide bonds. The highest BCUT2D eigenvalue weighted by Gasteiger charge is 2.32. The quantitative estimate of drug-likeness (QED) is 0.929. The van der Waals surface area contributed by atoms with Crippen LogP contribution in [0.4, 0.5) is 5.82 Å². The van der Waals surface area contributed by atoms with Crippen LogP contribution in [0.25, 0.3) is 0 Å². The van der Waals surface area contributed by atoms with Gasteiger partial charge in [-0.3, -0.25) is 0 Å². The normalized spacial score (nSPS) is 18.4.